The van der Waals surface area contributed by atoms with Gasteiger partial charge in [0.15, 0.2) is 17.3 Å². The highest BCUT2D eigenvalue weighted by Crippen LogP contribution is 2.27. The lowest BCUT2D eigenvalue weighted by Gasteiger charge is -2.17. The molecule has 1 aromatic heterocycles. The molecule has 0 aliphatic rings. The van der Waals surface area contributed by atoms with E-state index in [0.29, 0.717) is 36.4 Å². The predicted octanol–water partition coefficient (Wildman–Crippen LogP) is 3.14. The summed E-state index contributed by atoms with van der Waals surface area (Å²) in [4.78, 5) is 6.51. The van der Waals surface area contributed by atoms with Crippen molar-refractivity contribution in [3.63, 3.8) is 0 Å². The van der Waals surface area contributed by atoms with Gasteiger partial charge in [0, 0.05) is 20.1 Å². The Morgan fingerprint density at radius 1 is 0.963 bits per heavy atom. The maximum atomic E-state index is 5.34. The van der Waals surface area contributed by atoms with Crippen molar-refractivity contribution in [1.82, 2.24) is 15.2 Å². The van der Waals surface area contributed by atoms with E-state index >= 15 is 0 Å². The SMILES string of the molecule is COc1ccc(CNc2cnnc(N(C)Cc3ccccc3)n2)cc1OC. The molecule has 3 rings (SSSR count). The fourth-order valence-corrected chi connectivity index (χ4v) is 2.65. The van der Waals surface area contributed by atoms with E-state index in [1.807, 2.05) is 48.3 Å². The summed E-state index contributed by atoms with van der Waals surface area (Å²) < 4.78 is 10.6. The number of nitrogens with zero attached hydrogens (tertiary/aromatic N) is 4. The molecule has 1 N–H and O–H groups in total. The van der Waals surface area contributed by atoms with Crippen molar-refractivity contribution in [1.29, 1.82) is 0 Å². The number of hydrogen-bond donors (Lipinski definition) is 1. The number of ether oxygens (including phenoxy) is 2. The summed E-state index contributed by atoms with van der Waals surface area (Å²) in [6, 6.07) is 16.0. The van der Waals surface area contributed by atoms with E-state index < -0.39 is 0 Å². The number of hydrogen-bond acceptors (Lipinski definition) is 7. The zero-order chi connectivity index (χ0) is 19.1. The van der Waals surface area contributed by atoms with E-state index in [9.17, 15) is 0 Å². The van der Waals surface area contributed by atoms with Gasteiger partial charge in [-0.2, -0.15) is 10.1 Å². The van der Waals surface area contributed by atoms with Crippen LogP contribution in [0.5, 0.6) is 11.5 Å². The Bertz CT molecular complexity index is 873. The number of anilines is 2. The smallest absolute Gasteiger partial charge is 0.247 e. The van der Waals surface area contributed by atoms with Crippen LogP contribution < -0.4 is 19.7 Å². The summed E-state index contributed by atoms with van der Waals surface area (Å²) >= 11 is 0. The van der Waals surface area contributed by atoms with Crippen LogP contribution in [0.25, 0.3) is 0 Å². The Balaban J connectivity index is 1.65. The first-order valence-corrected chi connectivity index (χ1v) is 8.59. The number of nitrogens with one attached hydrogen (secondary N) is 1. The summed E-state index contributed by atoms with van der Waals surface area (Å²) in [7, 11) is 5.19. The first-order chi connectivity index (χ1) is 13.2. The third-order valence-corrected chi connectivity index (χ3v) is 4.07. The van der Waals surface area contributed by atoms with E-state index in [4.69, 9.17) is 9.47 Å². The fourth-order valence-electron chi connectivity index (χ4n) is 2.65. The highest BCUT2D eigenvalue weighted by atomic mass is 16.5. The molecular formula is C20H23N5O2. The van der Waals surface area contributed by atoms with Crippen LogP contribution in [0, 0.1) is 0 Å². The van der Waals surface area contributed by atoms with Crippen molar-refractivity contribution in [2.24, 2.45) is 0 Å². The minimum absolute atomic E-state index is 0.566. The Labute approximate surface area is 159 Å². The molecule has 0 amide bonds. The molecule has 0 saturated carbocycles. The van der Waals surface area contributed by atoms with Gasteiger partial charge in [-0.05, 0) is 23.3 Å². The topological polar surface area (TPSA) is 72.4 Å². The van der Waals surface area contributed by atoms with Crippen LogP contribution >= 0.6 is 0 Å². The Morgan fingerprint density at radius 3 is 2.48 bits per heavy atom. The molecule has 140 valence electrons. The van der Waals surface area contributed by atoms with Crippen LogP contribution in [0.2, 0.25) is 0 Å². The Kier molecular flexibility index (Phi) is 6.04. The predicted molar refractivity (Wildman–Crippen MR) is 105 cm³/mol. The summed E-state index contributed by atoms with van der Waals surface area (Å²) in [6.45, 7) is 1.29. The molecule has 0 atom stereocenters. The molecule has 0 aliphatic carbocycles. The molecule has 7 nitrogen and oxygen atoms in total. The zero-order valence-corrected chi connectivity index (χ0v) is 15.7. The molecular weight excluding hydrogens is 342 g/mol. The van der Waals surface area contributed by atoms with E-state index in [2.05, 4.69) is 32.6 Å². The maximum Gasteiger partial charge on any atom is 0.247 e. The second kappa shape index (κ2) is 8.84. The first-order valence-electron chi connectivity index (χ1n) is 8.59. The third-order valence-electron chi connectivity index (χ3n) is 4.07. The van der Waals surface area contributed by atoms with Gasteiger partial charge in [-0.15, -0.1) is 5.10 Å². The molecule has 2 aromatic carbocycles. The summed E-state index contributed by atoms with van der Waals surface area (Å²) in [5.74, 6) is 2.63. The van der Waals surface area contributed by atoms with Gasteiger partial charge in [-0.3, -0.25) is 0 Å². The lowest BCUT2D eigenvalue weighted by Crippen LogP contribution is -2.20. The molecule has 0 bridgehead atoms. The molecule has 0 radical (unpaired) electrons. The van der Waals surface area contributed by atoms with Gasteiger partial charge in [0.2, 0.25) is 5.95 Å². The molecule has 1 heterocycles. The van der Waals surface area contributed by atoms with Gasteiger partial charge < -0.3 is 19.7 Å². The molecule has 0 unspecified atom stereocenters. The molecule has 0 saturated heterocycles. The zero-order valence-electron chi connectivity index (χ0n) is 15.7. The molecule has 0 fully saturated rings. The quantitative estimate of drug-likeness (QED) is 0.657. The maximum absolute atomic E-state index is 5.34. The van der Waals surface area contributed by atoms with Crippen molar-refractivity contribution >= 4 is 11.8 Å². The van der Waals surface area contributed by atoms with Crippen LogP contribution in [-0.2, 0) is 13.1 Å². The average Bonchev–Trinajstić information content (AvgIpc) is 2.73. The largest absolute Gasteiger partial charge is 0.493 e. The van der Waals surface area contributed by atoms with E-state index in [1.54, 1.807) is 20.4 Å². The summed E-state index contributed by atoms with van der Waals surface area (Å²) in [5.41, 5.74) is 2.23. The minimum Gasteiger partial charge on any atom is -0.493 e. The van der Waals surface area contributed by atoms with Crippen molar-refractivity contribution in [2.45, 2.75) is 13.1 Å². The lowest BCUT2D eigenvalue weighted by atomic mass is 10.2. The van der Waals surface area contributed by atoms with Gasteiger partial charge in [-0.1, -0.05) is 36.4 Å². The van der Waals surface area contributed by atoms with E-state index in [1.165, 1.54) is 5.56 Å². The number of benzene rings is 2. The fraction of sp³-hybridized carbons (Fsp3) is 0.250. The average molecular weight is 365 g/mol. The second-order valence-corrected chi connectivity index (χ2v) is 6.03. The number of aromatic nitrogens is 3. The standard InChI is InChI=1S/C20H23N5O2/c1-25(14-15-7-5-4-6-8-15)20-23-19(13-22-24-20)21-12-16-9-10-17(26-2)18(11-16)27-3/h4-11,13H,12,14H2,1-3H3,(H,21,23,24). The van der Waals surface area contributed by atoms with Crippen molar-refractivity contribution in [2.75, 3.05) is 31.5 Å². The van der Waals surface area contributed by atoms with Crippen molar-refractivity contribution in [3.8, 4) is 11.5 Å². The van der Waals surface area contributed by atoms with Crippen LogP contribution in [0.1, 0.15) is 11.1 Å². The van der Waals surface area contributed by atoms with Crippen LogP contribution in [-0.4, -0.2) is 36.4 Å². The van der Waals surface area contributed by atoms with Gasteiger partial charge in [0.05, 0.1) is 20.4 Å². The van der Waals surface area contributed by atoms with Gasteiger partial charge in [-0.25, -0.2) is 0 Å². The highest BCUT2D eigenvalue weighted by molar-refractivity contribution is 5.45. The number of methoxy groups -OCH3 is 2. The highest BCUT2D eigenvalue weighted by Gasteiger charge is 2.08. The Morgan fingerprint density at radius 2 is 1.74 bits per heavy atom. The molecule has 7 heteroatoms. The number of rotatable bonds is 8. The monoisotopic (exact) mass is 365 g/mol. The minimum atomic E-state index is 0.566. The van der Waals surface area contributed by atoms with Gasteiger partial charge >= 0.3 is 0 Å². The van der Waals surface area contributed by atoms with Gasteiger partial charge in [0.1, 0.15) is 0 Å². The third kappa shape index (κ3) is 4.84. The molecule has 0 spiro atoms. The molecule has 3 aromatic rings. The summed E-state index contributed by atoms with van der Waals surface area (Å²) in [5, 5.41) is 11.5. The lowest BCUT2D eigenvalue weighted by molar-refractivity contribution is 0.354. The Hall–Kier alpha value is -3.35. The van der Waals surface area contributed by atoms with E-state index in [0.717, 1.165) is 5.56 Å². The summed E-state index contributed by atoms with van der Waals surface area (Å²) in [6.07, 6.45) is 1.61. The van der Waals surface area contributed by atoms with Crippen LogP contribution in [0.15, 0.2) is 54.7 Å². The van der Waals surface area contributed by atoms with Crippen molar-refractivity contribution in [3.05, 3.63) is 65.9 Å². The molecule has 27 heavy (non-hydrogen) atoms. The first kappa shape index (κ1) is 18.4. The van der Waals surface area contributed by atoms with E-state index in [-0.39, 0.29) is 0 Å². The van der Waals surface area contributed by atoms with Crippen LogP contribution in [0.3, 0.4) is 0 Å². The second-order valence-electron chi connectivity index (χ2n) is 6.03. The van der Waals surface area contributed by atoms with Crippen LogP contribution in [0.4, 0.5) is 11.8 Å². The molecule has 0 aliphatic heterocycles. The van der Waals surface area contributed by atoms with Crippen molar-refractivity contribution < 1.29 is 9.47 Å². The van der Waals surface area contributed by atoms with Gasteiger partial charge in [0.25, 0.3) is 0 Å². The normalized spacial score (nSPS) is 10.3.